The summed E-state index contributed by atoms with van der Waals surface area (Å²) in [6.07, 6.45) is 3.04. The van der Waals surface area contributed by atoms with E-state index in [4.69, 9.17) is 9.72 Å². The molecule has 2 aromatic heterocycles. The van der Waals surface area contributed by atoms with E-state index in [0.29, 0.717) is 24.6 Å². The number of benzene rings is 2. The van der Waals surface area contributed by atoms with Crippen molar-refractivity contribution in [1.29, 1.82) is 0 Å². The highest BCUT2D eigenvalue weighted by Gasteiger charge is 2.33. The minimum absolute atomic E-state index is 0.105. The molecule has 10 heteroatoms. The van der Waals surface area contributed by atoms with Gasteiger partial charge in [-0.3, -0.25) is 4.21 Å². The number of ether oxygens (including phenoxy) is 1. The molecule has 0 radical (unpaired) electrons. The number of amides is 1. The van der Waals surface area contributed by atoms with Crippen molar-refractivity contribution in [2.24, 2.45) is 0 Å². The summed E-state index contributed by atoms with van der Waals surface area (Å²) in [6, 6.07) is 19.4. The summed E-state index contributed by atoms with van der Waals surface area (Å²) in [7, 11) is -1.04. The largest absolute Gasteiger partial charge is 0.444 e. The molecule has 1 aliphatic rings. The van der Waals surface area contributed by atoms with E-state index in [2.05, 4.69) is 10.4 Å². The molecule has 9 nitrogen and oxygen atoms in total. The molecule has 2 aromatic carbocycles. The van der Waals surface area contributed by atoms with Crippen LogP contribution in [0, 0.1) is 0 Å². The average molecular weight is 548 g/mol. The van der Waals surface area contributed by atoms with Crippen molar-refractivity contribution in [3.63, 3.8) is 0 Å². The monoisotopic (exact) mass is 547 g/mol. The van der Waals surface area contributed by atoms with Gasteiger partial charge in [-0.2, -0.15) is 4.98 Å². The smallest absolute Gasteiger partial charge is 0.410 e. The quantitative estimate of drug-likeness (QED) is 0.363. The number of likely N-dealkylation sites (tertiary alicyclic amines) is 1. The van der Waals surface area contributed by atoms with Gasteiger partial charge in [0.25, 0.3) is 0 Å². The van der Waals surface area contributed by atoms with Gasteiger partial charge >= 0.3 is 6.09 Å². The van der Waals surface area contributed by atoms with Crippen LogP contribution in [0.15, 0.2) is 71.8 Å². The van der Waals surface area contributed by atoms with Crippen LogP contribution in [0.5, 0.6) is 0 Å². The van der Waals surface area contributed by atoms with Crippen molar-refractivity contribution in [1.82, 2.24) is 19.5 Å². The van der Waals surface area contributed by atoms with Crippen LogP contribution >= 0.6 is 0 Å². The van der Waals surface area contributed by atoms with E-state index < -0.39 is 28.6 Å². The van der Waals surface area contributed by atoms with Gasteiger partial charge in [0.05, 0.1) is 12.6 Å². The Morgan fingerprint density at radius 3 is 2.59 bits per heavy atom. The van der Waals surface area contributed by atoms with Crippen LogP contribution in [0.25, 0.3) is 16.8 Å². The molecular formula is C29H33N5O4S. The molecule has 5 rings (SSSR count). The summed E-state index contributed by atoms with van der Waals surface area (Å²) in [5, 5.41) is 18.8. The predicted molar refractivity (Wildman–Crippen MR) is 152 cm³/mol. The maximum Gasteiger partial charge on any atom is 0.410 e. The van der Waals surface area contributed by atoms with Crippen molar-refractivity contribution in [2.75, 3.05) is 24.7 Å². The van der Waals surface area contributed by atoms with Crippen LogP contribution in [0.2, 0.25) is 0 Å². The second-order valence-electron chi connectivity index (χ2n) is 10.7. The molecule has 2 N–H and O–H groups in total. The Morgan fingerprint density at radius 1 is 1.13 bits per heavy atom. The van der Waals surface area contributed by atoms with Crippen LogP contribution in [0.1, 0.15) is 38.7 Å². The van der Waals surface area contributed by atoms with Crippen LogP contribution in [-0.2, 0) is 15.5 Å². The summed E-state index contributed by atoms with van der Waals surface area (Å²) in [4.78, 5) is 19.5. The third-order valence-corrected chi connectivity index (χ3v) is 7.60. The highest BCUT2D eigenvalue weighted by Crippen LogP contribution is 2.32. The first-order valence-electron chi connectivity index (χ1n) is 12.9. The zero-order valence-corrected chi connectivity index (χ0v) is 23.3. The van der Waals surface area contributed by atoms with E-state index in [1.165, 1.54) is 0 Å². The third-order valence-electron chi connectivity index (χ3n) is 6.66. The van der Waals surface area contributed by atoms with Gasteiger partial charge in [-0.1, -0.05) is 24.3 Å². The average Bonchev–Trinajstić information content (AvgIpc) is 3.30. The van der Waals surface area contributed by atoms with Gasteiger partial charge in [-0.25, -0.2) is 9.31 Å². The number of hydrogen-bond donors (Lipinski definition) is 2. The van der Waals surface area contributed by atoms with Crippen molar-refractivity contribution in [2.45, 2.75) is 49.7 Å². The van der Waals surface area contributed by atoms with Gasteiger partial charge in [0.1, 0.15) is 5.60 Å². The number of rotatable bonds is 5. The maximum absolute atomic E-state index is 12.4. The molecule has 204 valence electrons. The van der Waals surface area contributed by atoms with Gasteiger partial charge < -0.3 is 20.1 Å². The molecule has 1 saturated heterocycles. The van der Waals surface area contributed by atoms with E-state index in [9.17, 15) is 14.1 Å². The molecule has 1 aliphatic heterocycles. The number of carbonyl (C=O) groups is 1. The Labute approximate surface area is 230 Å². The van der Waals surface area contributed by atoms with E-state index in [1.807, 2.05) is 87.6 Å². The van der Waals surface area contributed by atoms with Crippen LogP contribution in [0.3, 0.4) is 0 Å². The molecule has 0 aliphatic carbocycles. The van der Waals surface area contributed by atoms with E-state index >= 15 is 0 Å². The summed E-state index contributed by atoms with van der Waals surface area (Å²) in [6.45, 7) is 6.24. The Bertz CT molecular complexity index is 1510. The fourth-order valence-corrected chi connectivity index (χ4v) is 5.32. The number of aromatic nitrogens is 3. The summed E-state index contributed by atoms with van der Waals surface area (Å²) >= 11 is 0. The van der Waals surface area contributed by atoms with Crippen molar-refractivity contribution in [3.05, 3.63) is 72.4 Å². The van der Waals surface area contributed by atoms with Crippen LogP contribution in [-0.4, -0.2) is 66.0 Å². The SMILES string of the molecule is CS(=O)c1ccc(-c2cccn3nc(Nc4cccc([C@@H]5CCN(C(=O)OC(C)(C)C)C[C@@H]5O)c4)nc23)cc1. The molecular weight excluding hydrogens is 514 g/mol. The number of pyridine rings is 1. The molecule has 1 fully saturated rings. The first kappa shape index (κ1) is 26.8. The maximum atomic E-state index is 12.4. The standard InChI is InChI=1S/C29H33N5O4S/c1-29(2,3)38-28(36)33-16-14-23(25(35)18-33)20-7-5-8-21(17-20)30-27-31-26-24(9-6-15-34(26)32-27)19-10-12-22(13-11-19)39(4)37/h5-13,15,17,23,25,35H,14,16,18H2,1-4H3,(H,30,32)/t23-,25-,39?/m0/s1. The molecule has 4 aromatic rings. The highest BCUT2D eigenvalue weighted by atomic mass is 32.2. The Hall–Kier alpha value is -3.76. The van der Waals surface area contributed by atoms with Crippen molar-refractivity contribution >= 4 is 34.2 Å². The lowest BCUT2D eigenvalue weighted by molar-refractivity contribution is -0.00151. The van der Waals surface area contributed by atoms with E-state index in [1.54, 1.807) is 15.7 Å². The van der Waals surface area contributed by atoms with Gasteiger partial charge in [0.15, 0.2) is 5.65 Å². The topological polar surface area (TPSA) is 109 Å². The zero-order valence-electron chi connectivity index (χ0n) is 22.5. The molecule has 3 atom stereocenters. The number of hydrogen-bond acceptors (Lipinski definition) is 7. The first-order valence-corrected chi connectivity index (χ1v) is 14.5. The first-order chi connectivity index (χ1) is 18.6. The van der Waals surface area contributed by atoms with Crippen LogP contribution < -0.4 is 5.32 Å². The minimum Gasteiger partial charge on any atom is -0.444 e. The number of piperidine rings is 1. The number of aliphatic hydroxyl groups is 1. The van der Waals surface area contributed by atoms with Crippen molar-refractivity contribution in [3.8, 4) is 11.1 Å². The highest BCUT2D eigenvalue weighted by molar-refractivity contribution is 7.84. The lowest BCUT2D eigenvalue weighted by Crippen LogP contribution is -2.47. The van der Waals surface area contributed by atoms with Gasteiger partial charge in [0, 0.05) is 51.9 Å². The fraction of sp³-hybridized carbons (Fsp3) is 0.345. The lowest BCUT2D eigenvalue weighted by Gasteiger charge is -2.37. The summed E-state index contributed by atoms with van der Waals surface area (Å²) < 4.78 is 18.9. The molecule has 3 heterocycles. The van der Waals surface area contributed by atoms with E-state index in [0.717, 1.165) is 27.3 Å². The minimum atomic E-state index is -1.04. The Morgan fingerprint density at radius 2 is 1.90 bits per heavy atom. The molecule has 1 amide bonds. The lowest BCUT2D eigenvalue weighted by atomic mass is 9.87. The Balaban J connectivity index is 1.32. The third kappa shape index (κ3) is 6.12. The summed E-state index contributed by atoms with van der Waals surface area (Å²) in [5.41, 5.74) is 3.79. The van der Waals surface area contributed by atoms with Gasteiger partial charge in [-0.15, -0.1) is 5.10 Å². The number of anilines is 2. The molecule has 1 unspecified atom stereocenters. The van der Waals surface area contributed by atoms with E-state index in [-0.39, 0.29) is 12.5 Å². The fourth-order valence-electron chi connectivity index (χ4n) is 4.80. The number of β-amino-alcohol motifs (C(OH)–C–C–N with tert-alkyl or cyclic N) is 1. The number of fused-ring (bicyclic) bond motifs is 1. The van der Waals surface area contributed by atoms with Gasteiger partial charge in [-0.05, 0) is 74.7 Å². The number of carbonyl (C=O) groups excluding carboxylic acids is 1. The molecule has 0 saturated carbocycles. The second-order valence-corrected chi connectivity index (χ2v) is 12.1. The number of nitrogens with one attached hydrogen (secondary N) is 1. The molecule has 0 bridgehead atoms. The van der Waals surface area contributed by atoms with Gasteiger partial charge in [0.2, 0.25) is 5.95 Å². The summed E-state index contributed by atoms with van der Waals surface area (Å²) in [5.74, 6) is 0.345. The van der Waals surface area contributed by atoms with Crippen LogP contribution in [0.4, 0.5) is 16.4 Å². The second kappa shape index (κ2) is 10.8. The molecule has 39 heavy (non-hydrogen) atoms. The zero-order chi connectivity index (χ0) is 27.7. The Kier molecular flexibility index (Phi) is 7.42. The molecule has 0 spiro atoms. The number of aliphatic hydroxyl groups excluding tert-OH is 1. The predicted octanol–water partition coefficient (Wildman–Crippen LogP) is 4.96. The normalized spacial score (nSPS) is 18.6. The number of nitrogens with zero attached hydrogens (tertiary/aromatic N) is 4. The van der Waals surface area contributed by atoms with Crippen molar-refractivity contribution < 1.29 is 18.8 Å².